The molecule has 0 fully saturated rings. The predicted molar refractivity (Wildman–Crippen MR) is 71.8 cm³/mol. The number of benzene rings is 1. The van der Waals surface area contributed by atoms with E-state index in [4.69, 9.17) is 11.6 Å². The Morgan fingerprint density at radius 1 is 1.18 bits per heavy atom. The number of rotatable bonds is 5. The molecule has 0 aliphatic rings. The Morgan fingerprint density at radius 3 is 2.59 bits per heavy atom. The first-order valence-electron chi connectivity index (χ1n) is 5.29. The number of halogens is 1. The van der Waals surface area contributed by atoms with Crippen LogP contribution < -0.4 is 5.32 Å². The zero-order valence-corrected chi connectivity index (χ0v) is 10.7. The molecule has 2 nitrogen and oxygen atoms in total. The molecule has 0 unspecified atom stereocenters. The SMILES string of the molecule is O=C(CNCc1ccccc1)c1ccc(Cl)s1. The van der Waals surface area contributed by atoms with Gasteiger partial charge in [-0.2, -0.15) is 0 Å². The minimum absolute atomic E-state index is 0.0813. The van der Waals surface area contributed by atoms with Gasteiger partial charge in [0.2, 0.25) is 0 Å². The van der Waals surface area contributed by atoms with E-state index in [9.17, 15) is 4.79 Å². The molecule has 2 aromatic rings. The third-order valence-corrected chi connectivity index (χ3v) is 3.58. The van der Waals surface area contributed by atoms with Crippen molar-refractivity contribution >= 4 is 28.7 Å². The van der Waals surface area contributed by atoms with Gasteiger partial charge in [0.15, 0.2) is 5.78 Å². The molecule has 4 heteroatoms. The Hall–Kier alpha value is -1.16. The Kier molecular flexibility index (Phi) is 4.31. The van der Waals surface area contributed by atoms with Crippen molar-refractivity contribution in [3.63, 3.8) is 0 Å². The average Bonchev–Trinajstić information content (AvgIpc) is 2.77. The fourth-order valence-electron chi connectivity index (χ4n) is 1.47. The molecule has 0 spiro atoms. The van der Waals surface area contributed by atoms with Crippen LogP contribution >= 0.6 is 22.9 Å². The van der Waals surface area contributed by atoms with E-state index < -0.39 is 0 Å². The van der Waals surface area contributed by atoms with E-state index in [-0.39, 0.29) is 5.78 Å². The van der Waals surface area contributed by atoms with Crippen molar-refractivity contribution in [1.29, 1.82) is 0 Å². The maximum absolute atomic E-state index is 11.7. The van der Waals surface area contributed by atoms with Crippen LogP contribution in [0.15, 0.2) is 42.5 Å². The summed E-state index contributed by atoms with van der Waals surface area (Å²) in [6.45, 7) is 1.04. The monoisotopic (exact) mass is 265 g/mol. The number of nitrogens with one attached hydrogen (secondary N) is 1. The number of hydrogen-bond acceptors (Lipinski definition) is 3. The van der Waals surface area contributed by atoms with Gasteiger partial charge >= 0.3 is 0 Å². The van der Waals surface area contributed by atoms with Crippen LogP contribution in [0.5, 0.6) is 0 Å². The lowest BCUT2D eigenvalue weighted by Crippen LogP contribution is -2.21. The summed E-state index contributed by atoms with van der Waals surface area (Å²) in [5, 5.41) is 3.12. The Balaban J connectivity index is 1.81. The van der Waals surface area contributed by atoms with Crippen molar-refractivity contribution in [2.24, 2.45) is 0 Å². The topological polar surface area (TPSA) is 29.1 Å². The van der Waals surface area contributed by atoms with Gasteiger partial charge in [-0.3, -0.25) is 4.79 Å². The first-order chi connectivity index (χ1) is 8.25. The molecule has 1 N–H and O–H groups in total. The molecule has 1 heterocycles. The number of carbonyl (C=O) groups is 1. The molecule has 0 saturated carbocycles. The van der Waals surface area contributed by atoms with Crippen LogP contribution in [-0.4, -0.2) is 12.3 Å². The predicted octanol–water partition coefficient (Wildman–Crippen LogP) is 3.37. The largest absolute Gasteiger partial charge is 0.306 e. The van der Waals surface area contributed by atoms with Crippen LogP contribution in [0.2, 0.25) is 4.34 Å². The second kappa shape index (κ2) is 5.96. The summed E-state index contributed by atoms with van der Waals surface area (Å²) in [6.07, 6.45) is 0. The van der Waals surface area contributed by atoms with Gasteiger partial charge in [0.05, 0.1) is 15.8 Å². The van der Waals surface area contributed by atoms with Gasteiger partial charge in [0.25, 0.3) is 0 Å². The van der Waals surface area contributed by atoms with E-state index in [0.717, 1.165) is 0 Å². The summed E-state index contributed by atoms with van der Waals surface area (Å²) in [5.74, 6) is 0.0813. The van der Waals surface area contributed by atoms with E-state index in [0.29, 0.717) is 22.3 Å². The van der Waals surface area contributed by atoms with Gasteiger partial charge in [-0.15, -0.1) is 11.3 Å². The molecular formula is C13H12ClNOS. The van der Waals surface area contributed by atoms with Crippen LogP contribution in [0.25, 0.3) is 0 Å². The van der Waals surface area contributed by atoms with Crippen LogP contribution in [-0.2, 0) is 6.54 Å². The van der Waals surface area contributed by atoms with Crippen molar-refractivity contribution in [3.8, 4) is 0 Å². The molecule has 0 atom stereocenters. The third-order valence-electron chi connectivity index (χ3n) is 2.31. The number of ketones is 1. The second-order valence-electron chi connectivity index (χ2n) is 3.62. The zero-order chi connectivity index (χ0) is 12.1. The van der Waals surface area contributed by atoms with Gasteiger partial charge in [0, 0.05) is 6.54 Å². The molecule has 88 valence electrons. The molecule has 2 rings (SSSR count). The van der Waals surface area contributed by atoms with Crippen molar-refractivity contribution < 1.29 is 4.79 Å². The third kappa shape index (κ3) is 3.66. The maximum Gasteiger partial charge on any atom is 0.186 e. The molecular weight excluding hydrogens is 254 g/mol. The first kappa shape index (κ1) is 12.3. The lowest BCUT2D eigenvalue weighted by Gasteiger charge is -2.02. The summed E-state index contributed by atoms with van der Waals surface area (Å²) in [6, 6.07) is 13.5. The van der Waals surface area contributed by atoms with Crippen molar-refractivity contribution in [1.82, 2.24) is 5.32 Å². The fourth-order valence-corrected chi connectivity index (χ4v) is 2.45. The fraction of sp³-hybridized carbons (Fsp3) is 0.154. The molecule has 0 saturated heterocycles. The molecule has 1 aromatic carbocycles. The molecule has 0 bridgehead atoms. The van der Waals surface area contributed by atoms with Gasteiger partial charge < -0.3 is 5.32 Å². The van der Waals surface area contributed by atoms with E-state index in [1.165, 1.54) is 16.9 Å². The quantitative estimate of drug-likeness (QED) is 0.840. The molecule has 0 radical (unpaired) electrons. The van der Waals surface area contributed by atoms with Crippen LogP contribution in [0.1, 0.15) is 15.2 Å². The smallest absolute Gasteiger partial charge is 0.186 e. The molecule has 0 amide bonds. The standard InChI is InChI=1S/C13H12ClNOS/c14-13-7-6-12(17-13)11(16)9-15-8-10-4-2-1-3-5-10/h1-7,15H,8-9H2. The van der Waals surface area contributed by atoms with Gasteiger partial charge in [-0.25, -0.2) is 0 Å². The minimum Gasteiger partial charge on any atom is -0.306 e. The zero-order valence-electron chi connectivity index (χ0n) is 9.15. The van der Waals surface area contributed by atoms with Crippen LogP contribution in [0.3, 0.4) is 0 Å². The summed E-state index contributed by atoms with van der Waals surface area (Å²) < 4.78 is 0.649. The Labute approximate surface area is 109 Å². The normalized spacial score (nSPS) is 10.4. The Morgan fingerprint density at radius 2 is 1.94 bits per heavy atom. The van der Waals surface area contributed by atoms with Gasteiger partial charge in [0.1, 0.15) is 0 Å². The van der Waals surface area contributed by atoms with E-state index in [1.807, 2.05) is 30.3 Å². The molecule has 0 aliphatic heterocycles. The Bertz CT molecular complexity index is 495. The maximum atomic E-state index is 11.7. The average molecular weight is 266 g/mol. The highest BCUT2D eigenvalue weighted by atomic mass is 35.5. The van der Waals surface area contributed by atoms with Crippen LogP contribution in [0, 0.1) is 0 Å². The number of thiophene rings is 1. The first-order valence-corrected chi connectivity index (χ1v) is 6.48. The van der Waals surface area contributed by atoms with E-state index in [1.54, 1.807) is 12.1 Å². The summed E-state index contributed by atoms with van der Waals surface area (Å²) in [7, 11) is 0. The minimum atomic E-state index is 0.0813. The van der Waals surface area contributed by atoms with E-state index in [2.05, 4.69) is 5.32 Å². The highest BCUT2D eigenvalue weighted by molar-refractivity contribution is 7.18. The van der Waals surface area contributed by atoms with Crippen LogP contribution in [0.4, 0.5) is 0 Å². The lowest BCUT2D eigenvalue weighted by atomic mass is 10.2. The summed E-state index contributed by atoms with van der Waals surface area (Å²) >= 11 is 7.10. The summed E-state index contributed by atoms with van der Waals surface area (Å²) in [4.78, 5) is 12.4. The molecule has 1 aromatic heterocycles. The van der Waals surface area contributed by atoms with Crippen molar-refractivity contribution in [2.75, 3.05) is 6.54 Å². The second-order valence-corrected chi connectivity index (χ2v) is 5.33. The van der Waals surface area contributed by atoms with Gasteiger partial charge in [-0.05, 0) is 17.7 Å². The highest BCUT2D eigenvalue weighted by Gasteiger charge is 2.07. The van der Waals surface area contributed by atoms with Gasteiger partial charge in [-0.1, -0.05) is 41.9 Å². The highest BCUT2D eigenvalue weighted by Crippen LogP contribution is 2.21. The molecule has 0 aliphatic carbocycles. The number of Topliss-reactive ketones (excluding diaryl/α,β-unsaturated/α-hetero) is 1. The van der Waals surface area contributed by atoms with Crippen molar-refractivity contribution in [2.45, 2.75) is 6.54 Å². The summed E-state index contributed by atoms with van der Waals surface area (Å²) in [5.41, 5.74) is 1.17. The lowest BCUT2D eigenvalue weighted by molar-refractivity contribution is 0.0994. The number of hydrogen-bond donors (Lipinski definition) is 1. The van der Waals surface area contributed by atoms with Crippen molar-refractivity contribution in [3.05, 3.63) is 57.2 Å². The number of carbonyl (C=O) groups excluding carboxylic acids is 1. The molecule has 17 heavy (non-hydrogen) atoms. The van der Waals surface area contributed by atoms with E-state index >= 15 is 0 Å².